The second-order valence-corrected chi connectivity index (χ2v) is 10.3. The number of carboxylic acid groups (broad SMARTS) is 1. The molecule has 0 aliphatic heterocycles. The first-order chi connectivity index (χ1) is 15.1. The van der Waals surface area contributed by atoms with E-state index in [4.69, 9.17) is 9.84 Å². The molecule has 0 aromatic heterocycles. The van der Waals surface area contributed by atoms with Crippen LogP contribution in [0.2, 0.25) is 0 Å². The number of hydrogen-bond acceptors (Lipinski definition) is 6. The fourth-order valence-corrected chi connectivity index (χ4v) is 3.92. The number of hydrogen-bond donors (Lipinski definition) is 4. The summed E-state index contributed by atoms with van der Waals surface area (Å²) in [5, 5.41) is 40.4. The molecule has 0 aliphatic rings. The zero-order chi connectivity index (χ0) is 25.2. The minimum Gasteiger partial charge on any atom is -0.508 e. The quantitative estimate of drug-likeness (QED) is 0.463. The smallest absolute Gasteiger partial charge is 0.319 e. The topological polar surface area (TPSA) is 124 Å². The van der Waals surface area contributed by atoms with Gasteiger partial charge in [0.05, 0.1) is 13.0 Å². The standard InChI is InChI=1S/C26H34O7/c1-24(2,3)18-13-16(7-9-20(18)28)26(23(31)32,15-22(30)33-12-11-27)17-8-10-21(29)19(14-17)25(4,5)6/h7-10,13-14,27-29H,11-12,15H2,1-6H3,(H,31,32). The third-order valence-electron chi connectivity index (χ3n) is 5.72. The van der Waals surface area contributed by atoms with Crippen LogP contribution in [0, 0.1) is 0 Å². The molecule has 0 unspecified atom stereocenters. The van der Waals surface area contributed by atoms with Crippen molar-refractivity contribution in [1.29, 1.82) is 0 Å². The van der Waals surface area contributed by atoms with Crippen LogP contribution in [-0.2, 0) is 30.6 Å². The maximum absolute atomic E-state index is 12.9. The molecule has 0 heterocycles. The highest BCUT2D eigenvalue weighted by molar-refractivity contribution is 5.92. The molecule has 0 bridgehead atoms. The Balaban J connectivity index is 2.88. The minimum absolute atomic E-state index is 0.0227. The summed E-state index contributed by atoms with van der Waals surface area (Å²) in [7, 11) is 0. The van der Waals surface area contributed by atoms with Crippen molar-refractivity contribution in [3.05, 3.63) is 58.7 Å². The van der Waals surface area contributed by atoms with Crippen molar-refractivity contribution in [2.75, 3.05) is 13.2 Å². The van der Waals surface area contributed by atoms with Crippen molar-refractivity contribution in [3.8, 4) is 11.5 Å². The van der Waals surface area contributed by atoms with Crippen LogP contribution in [0.3, 0.4) is 0 Å². The first kappa shape index (κ1) is 26.2. The van der Waals surface area contributed by atoms with Gasteiger partial charge in [-0.2, -0.15) is 0 Å². The summed E-state index contributed by atoms with van der Waals surface area (Å²) in [6.07, 6.45) is -0.537. The van der Waals surface area contributed by atoms with Gasteiger partial charge < -0.3 is 25.2 Å². The molecule has 7 heteroatoms. The van der Waals surface area contributed by atoms with Crippen molar-refractivity contribution in [2.24, 2.45) is 0 Å². The number of aromatic hydroxyl groups is 2. The lowest BCUT2D eigenvalue weighted by molar-refractivity contribution is -0.152. The number of aliphatic hydroxyl groups is 1. The highest BCUT2D eigenvalue weighted by Crippen LogP contribution is 2.43. The van der Waals surface area contributed by atoms with Crippen molar-refractivity contribution in [1.82, 2.24) is 0 Å². The maximum atomic E-state index is 12.9. The van der Waals surface area contributed by atoms with Gasteiger partial charge in [0.1, 0.15) is 23.5 Å². The van der Waals surface area contributed by atoms with Gasteiger partial charge >= 0.3 is 11.9 Å². The van der Waals surface area contributed by atoms with Crippen LogP contribution in [0.5, 0.6) is 11.5 Å². The van der Waals surface area contributed by atoms with Gasteiger partial charge in [-0.05, 0) is 45.2 Å². The number of aliphatic hydroxyl groups excluding tert-OH is 1. The molecule has 0 aliphatic carbocycles. The first-order valence-electron chi connectivity index (χ1n) is 10.8. The van der Waals surface area contributed by atoms with Crippen molar-refractivity contribution in [3.63, 3.8) is 0 Å². The largest absolute Gasteiger partial charge is 0.508 e. The molecular weight excluding hydrogens is 424 g/mol. The summed E-state index contributed by atoms with van der Waals surface area (Å²) < 4.78 is 5.03. The molecule has 2 aromatic rings. The molecule has 7 nitrogen and oxygen atoms in total. The lowest BCUT2D eigenvalue weighted by Crippen LogP contribution is -2.40. The number of esters is 1. The van der Waals surface area contributed by atoms with Crippen molar-refractivity contribution in [2.45, 2.75) is 64.2 Å². The van der Waals surface area contributed by atoms with E-state index in [9.17, 15) is 24.9 Å². The number of rotatable bonds is 7. The highest BCUT2D eigenvalue weighted by Gasteiger charge is 2.46. The molecule has 180 valence electrons. The van der Waals surface area contributed by atoms with E-state index in [1.807, 2.05) is 41.5 Å². The van der Waals surface area contributed by atoms with Crippen LogP contribution in [-0.4, -0.2) is 45.6 Å². The number of benzene rings is 2. The van der Waals surface area contributed by atoms with Gasteiger partial charge in [-0.15, -0.1) is 0 Å². The fourth-order valence-electron chi connectivity index (χ4n) is 3.92. The number of phenolic OH excluding ortho intramolecular Hbond substituents is 2. The van der Waals surface area contributed by atoms with Gasteiger partial charge in [-0.1, -0.05) is 65.8 Å². The molecule has 0 spiro atoms. The Morgan fingerprint density at radius 2 is 1.24 bits per heavy atom. The molecule has 0 saturated heterocycles. The normalized spacial score (nSPS) is 12.5. The summed E-state index contributed by atoms with van der Waals surface area (Å²) in [5.74, 6) is -2.02. The predicted molar refractivity (Wildman–Crippen MR) is 125 cm³/mol. The Kier molecular flexibility index (Phi) is 7.49. The van der Waals surface area contributed by atoms with Crippen LogP contribution in [0.25, 0.3) is 0 Å². The Morgan fingerprint density at radius 1 is 0.818 bits per heavy atom. The molecule has 33 heavy (non-hydrogen) atoms. The molecule has 0 saturated carbocycles. The zero-order valence-corrected chi connectivity index (χ0v) is 20.1. The first-order valence-corrected chi connectivity index (χ1v) is 10.8. The molecule has 0 atom stereocenters. The average molecular weight is 459 g/mol. The predicted octanol–water partition coefficient (Wildman–Crippen LogP) is 3.99. The van der Waals surface area contributed by atoms with E-state index >= 15 is 0 Å². The number of aliphatic carboxylic acids is 1. The molecule has 2 rings (SSSR count). The summed E-state index contributed by atoms with van der Waals surface area (Å²) in [5.41, 5.74) is -1.18. The summed E-state index contributed by atoms with van der Waals surface area (Å²) in [6, 6.07) is 9.04. The Labute approximate surface area is 194 Å². The lowest BCUT2D eigenvalue weighted by Gasteiger charge is -2.33. The summed E-state index contributed by atoms with van der Waals surface area (Å²) >= 11 is 0. The van der Waals surface area contributed by atoms with E-state index in [0.717, 1.165) is 0 Å². The van der Waals surface area contributed by atoms with Crippen molar-refractivity contribution >= 4 is 11.9 Å². The fraction of sp³-hybridized carbons (Fsp3) is 0.462. The van der Waals surface area contributed by atoms with E-state index in [1.54, 1.807) is 12.1 Å². The molecule has 0 amide bonds. The van der Waals surface area contributed by atoms with E-state index in [2.05, 4.69) is 0 Å². The molecule has 4 N–H and O–H groups in total. The summed E-state index contributed by atoms with van der Waals surface area (Å²) in [4.78, 5) is 25.6. The number of ether oxygens (including phenoxy) is 1. The van der Waals surface area contributed by atoms with Crippen LogP contribution >= 0.6 is 0 Å². The second-order valence-electron chi connectivity index (χ2n) is 10.3. The third kappa shape index (κ3) is 5.47. The molecular formula is C26H34O7. The summed E-state index contributed by atoms with van der Waals surface area (Å²) in [6.45, 7) is 10.7. The number of carboxylic acids is 1. The Hall–Kier alpha value is -3.06. The molecule has 0 fully saturated rings. The van der Waals surface area contributed by atoms with Crippen LogP contribution < -0.4 is 0 Å². The van der Waals surface area contributed by atoms with Gasteiger partial charge in [0, 0.05) is 0 Å². The zero-order valence-electron chi connectivity index (χ0n) is 20.1. The van der Waals surface area contributed by atoms with Gasteiger partial charge in [0.15, 0.2) is 0 Å². The van der Waals surface area contributed by atoms with E-state index in [0.29, 0.717) is 22.3 Å². The van der Waals surface area contributed by atoms with E-state index in [-0.39, 0.29) is 24.7 Å². The Bertz CT molecular complexity index is 962. The molecule has 2 aromatic carbocycles. The SMILES string of the molecule is CC(C)(C)c1cc(C(CC(=O)OCCO)(C(=O)O)c2ccc(O)c(C(C)(C)C)c2)ccc1O. The van der Waals surface area contributed by atoms with Gasteiger partial charge in [-0.3, -0.25) is 9.59 Å². The van der Waals surface area contributed by atoms with Crippen molar-refractivity contribution < 1.29 is 34.8 Å². The van der Waals surface area contributed by atoms with Gasteiger partial charge in [-0.25, -0.2) is 0 Å². The van der Waals surface area contributed by atoms with Gasteiger partial charge in [0.2, 0.25) is 0 Å². The Morgan fingerprint density at radius 3 is 1.58 bits per heavy atom. The third-order valence-corrected chi connectivity index (χ3v) is 5.72. The van der Waals surface area contributed by atoms with E-state index in [1.165, 1.54) is 24.3 Å². The number of phenols is 2. The second kappa shape index (κ2) is 9.43. The lowest BCUT2D eigenvalue weighted by atomic mass is 9.69. The number of carbonyl (C=O) groups is 2. The average Bonchev–Trinajstić information content (AvgIpc) is 2.69. The number of carbonyl (C=O) groups excluding carboxylic acids is 1. The van der Waals surface area contributed by atoms with Crippen LogP contribution in [0.1, 0.15) is 70.2 Å². The van der Waals surface area contributed by atoms with Crippen LogP contribution in [0.15, 0.2) is 36.4 Å². The minimum atomic E-state index is -1.85. The maximum Gasteiger partial charge on any atom is 0.319 e. The van der Waals surface area contributed by atoms with E-state index < -0.39 is 34.6 Å². The molecule has 0 radical (unpaired) electrons. The highest BCUT2D eigenvalue weighted by atomic mass is 16.5. The van der Waals surface area contributed by atoms with Crippen LogP contribution in [0.4, 0.5) is 0 Å². The van der Waals surface area contributed by atoms with Gasteiger partial charge in [0.25, 0.3) is 0 Å². The monoisotopic (exact) mass is 458 g/mol.